The summed E-state index contributed by atoms with van der Waals surface area (Å²) in [7, 11) is 1.94. The number of phenolic OH excluding ortho intramolecular Hbond substituents is 1. The lowest BCUT2D eigenvalue weighted by molar-refractivity contribution is -0.252. The third-order valence-electron chi connectivity index (χ3n) is 10.1. The Labute approximate surface area is 334 Å². The van der Waals surface area contributed by atoms with Crippen LogP contribution < -0.4 is 16.4 Å². The number of aliphatic hydroxyl groups excluding tert-OH is 2. The van der Waals surface area contributed by atoms with Crippen molar-refractivity contribution in [1.29, 1.82) is 0 Å². The van der Waals surface area contributed by atoms with Gasteiger partial charge in [-0.25, -0.2) is 0 Å². The number of aromatic hydroxyl groups is 1. The summed E-state index contributed by atoms with van der Waals surface area (Å²) < 4.78 is 13.1. The molecule has 1 heterocycles. The highest BCUT2D eigenvalue weighted by Gasteiger charge is 2.33. The van der Waals surface area contributed by atoms with Crippen molar-refractivity contribution in [2.75, 3.05) is 31.2 Å². The summed E-state index contributed by atoms with van der Waals surface area (Å²) in [5, 5.41) is 36.2. The van der Waals surface area contributed by atoms with Crippen LogP contribution in [0.25, 0.3) is 11.1 Å². The minimum atomic E-state index is -0.783. The van der Waals surface area contributed by atoms with Crippen molar-refractivity contribution >= 4 is 23.2 Å². The molecule has 11 heteroatoms. The highest BCUT2D eigenvalue weighted by Crippen LogP contribution is 2.39. The number of amides is 2. The first-order chi connectivity index (χ1) is 27.6. The molecule has 298 valence electrons. The standard InChI is InChI=1S/C46H52N4O7/c1-50(29-42(53)35-10-8-11-37(52)25-35)28-38-26-43(33-19-17-31(30-51)18-20-33)57-46(56-38)34-23-21-32(22-24-34)39-12-3-2-9-36(39)27-48-44(54)15-6-7-16-45(55)49-41-14-5-4-13-40(41)47/h2-5,8-14,17-25,38,42-43,46,51-53H,6-7,15-16,26-30,47H2,1H3,(H,48,54)(H,49,55)/t38-,42+,43+,46+/m0/s1. The number of rotatable bonds is 17. The van der Waals surface area contributed by atoms with Gasteiger partial charge in [0.25, 0.3) is 0 Å². The first kappa shape index (κ1) is 41.1. The van der Waals surface area contributed by atoms with Gasteiger partial charge in [0.1, 0.15) is 5.75 Å². The van der Waals surface area contributed by atoms with Crippen molar-refractivity contribution in [2.45, 2.75) is 69.9 Å². The Morgan fingerprint density at radius 3 is 2.28 bits per heavy atom. The average molecular weight is 773 g/mol. The number of phenols is 1. The molecule has 4 atom stereocenters. The van der Waals surface area contributed by atoms with Crippen LogP contribution in [-0.4, -0.2) is 58.3 Å². The maximum absolute atomic E-state index is 12.8. The third kappa shape index (κ3) is 11.7. The van der Waals surface area contributed by atoms with E-state index in [1.54, 1.807) is 36.4 Å². The topological polar surface area (TPSA) is 167 Å². The number of carbonyl (C=O) groups is 2. The van der Waals surface area contributed by atoms with E-state index < -0.39 is 12.4 Å². The normalized spacial score (nSPS) is 17.2. The predicted octanol–water partition coefficient (Wildman–Crippen LogP) is 7.16. The fourth-order valence-corrected chi connectivity index (χ4v) is 7.04. The van der Waals surface area contributed by atoms with Gasteiger partial charge >= 0.3 is 0 Å². The zero-order valence-electron chi connectivity index (χ0n) is 32.2. The third-order valence-corrected chi connectivity index (χ3v) is 10.1. The molecule has 57 heavy (non-hydrogen) atoms. The van der Waals surface area contributed by atoms with E-state index in [1.165, 1.54) is 0 Å². The van der Waals surface area contributed by atoms with Crippen molar-refractivity contribution in [2.24, 2.45) is 0 Å². The molecule has 0 spiro atoms. The number of unbranched alkanes of at least 4 members (excludes halogenated alkanes) is 1. The van der Waals surface area contributed by atoms with Gasteiger partial charge in [-0.3, -0.25) is 9.59 Å². The van der Waals surface area contributed by atoms with Crippen LogP contribution in [0.15, 0.2) is 121 Å². The van der Waals surface area contributed by atoms with Crippen molar-refractivity contribution in [3.05, 3.63) is 149 Å². The quantitative estimate of drug-likeness (QED) is 0.0425. The van der Waals surface area contributed by atoms with Crippen LogP contribution in [0, 0.1) is 0 Å². The van der Waals surface area contributed by atoms with E-state index in [2.05, 4.69) is 10.6 Å². The lowest BCUT2D eigenvalue weighted by atomic mass is 9.97. The molecule has 0 unspecified atom stereocenters. The highest BCUT2D eigenvalue weighted by molar-refractivity contribution is 5.93. The molecule has 6 rings (SSSR count). The highest BCUT2D eigenvalue weighted by atomic mass is 16.7. The zero-order chi connectivity index (χ0) is 40.1. The van der Waals surface area contributed by atoms with Crippen molar-refractivity contribution in [3.8, 4) is 16.9 Å². The van der Waals surface area contributed by atoms with Gasteiger partial charge in [0, 0.05) is 44.5 Å². The Morgan fingerprint density at radius 1 is 0.842 bits per heavy atom. The van der Waals surface area contributed by atoms with Gasteiger partial charge in [0.15, 0.2) is 6.29 Å². The maximum Gasteiger partial charge on any atom is 0.224 e. The molecule has 1 aliphatic rings. The number of nitrogens with two attached hydrogens (primary N) is 1. The minimum Gasteiger partial charge on any atom is -0.508 e. The van der Waals surface area contributed by atoms with Gasteiger partial charge in [0.05, 0.1) is 36.3 Å². The molecule has 5 aromatic rings. The molecule has 7 N–H and O–H groups in total. The van der Waals surface area contributed by atoms with Crippen LogP contribution in [0.2, 0.25) is 0 Å². The number of hydrogen-bond acceptors (Lipinski definition) is 9. The van der Waals surface area contributed by atoms with Crippen LogP contribution in [0.5, 0.6) is 5.75 Å². The zero-order valence-corrected chi connectivity index (χ0v) is 32.2. The Hall–Kier alpha value is -5.56. The van der Waals surface area contributed by atoms with Crippen molar-refractivity contribution < 1.29 is 34.4 Å². The molecule has 1 saturated heterocycles. The van der Waals surface area contributed by atoms with E-state index in [-0.39, 0.29) is 36.4 Å². The van der Waals surface area contributed by atoms with E-state index in [4.69, 9.17) is 15.2 Å². The van der Waals surface area contributed by atoms with Gasteiger partial charge in [-0.15, -0.1) is 0 Å². The largest absolute Gasteiger partial charge is 0.508 e. The number of benzene rings is 5. The molecule has 0 radical (unpaired) electrons. The molecule has 1 aliphatic heterocycles. The molecule has 0 aliphatic carbocycles. The van der Waals surface area contributed by atoms with E-state index in [9.17, 15) is 24.9 Å². The first-order valence-electron chi connectivity index (χ1n) is 19.4. The number of nitrogens with one attached hydrogen (secondary N) is 2. The first-order valence-corrected chi connectivity index (χ1v) is 19.4. The van der Waals surface area contributed by atoms with Crippen LogP contribution in [-0.2, 0) is 32.2 Å². The summed E-state index contributed by atoms with van der Waals surface area (Å²) in [5.41, 5.74) is 13.3. The Bertz CT molecular complexity index is 2070. The summed E-state index contributed by atoms with van der Waals surface area (Å²) in [6.45, 7) is 1.22. The smallest absolute Gasteiger partial charge is 0.224 e. The Balaban J connectivity index is 1.06. The molecule has 1 fully saturated rings. The summed E-state index contributed by atoms with van der Waals surface area (Å²) in [4.78, 5) is 27.1. The molecule has 11 nitrogen and oxygen atoms in total. The Kier molecular flexibility index (Phi) is 14.4. The molecule has 2 amide bonds. The SMILES string of the molecule is CN(C[C@@H]1C[C@H](c2ccc(CO)cc2)O[C@H](c2ccc(-c3ccccc3CNC(=O)CCCCC(=O)Nc3ccccc3N)cc2)O1)C[C@@H](O)c1cccc(O)c1. The van der Waals surface area contributed by atoms with E-state index in [0.29, 0.717) is 68.7 Å². The summed E-state index contributed by atoms with van der Waals surface area (Å²) in [5.74, 6) is -0.0954. The van der Waals surface area contributed by atoms with Crippen molar-refractivity contribution in [3.63, 3.8) is 0 Å². The van der Waals surface area contributed by atoms with E-state index in [1.807, 2.05) is 96.9 Å². The molecular formula is C46H52N4O7. The van der Waals surface area contributed by atoms with Gasteiger partial charge in [0.2, 0.25) is 11.8 Å². The van der Waals surface area contributed by atoms with E-state index in [0.717, 1.165) is 33.4 Å². The monoisotopic (exact) mass is 772 g/mol. The number of para-hydroxylation sites is 2. The van der Waals surface area contributed by atoms with Gasteiger partial charge in [-0.05, 0) is 77.5 Å². The summed E-state index contributed by atoms with van der Waals surface area (Å²) in [6.07, 6.45) is 0.475. The number of hydrogen-bond donors (Lipinski definition) is 6. The van der Waals surface area contributed by atoms with Crippen LogP contribution in [0.3, 0.4) is 0 Å². The number of aliphatic hydroxyl groups is 2. The number of carbonyl (C=O) groups excluding carboxylic acids is 2. The van der Waals surface area contributed by atoms with Gasteiger partial charge in [-0.1, -0.05) is 97.1 Å². The molecular weight excluding hydrogens is 721 g/mol. The average Bonchev–Trinajstić information content (AvgIpc) is 3.22. The lowest BCUT2D eigenvalue weighted by Gasteiger charge is -2.38. The van der Waals surface area contributed by atoms with Gasteiger partial charge < -0.3 is 46.1 Å². The second kappa shape index (κ2) is 20.0. The number of likely N-dealkylation sites (N-methyl/N-ethyl adjacent to an activating group) is 1. The summed E-state index contributed by atoms with van der Waals surface area (Å²) >= 11 is 0. The number of nitrogen functional groups attached to an aromatic ring is 1. The lowest BCUT2D eigenvalue weighted by Crippen LogP contribution is -2.39. The van der Waals surface area contributed by atoms with Crippen LogP contribution in [0.4, 0.5) is 11.4 Å². The number of ether oxygens (including phenoxy) is 2. The minimum absolute atomic E-state index is 0.0394. The van der Waals surface area contributed by atoms with Crippen molar-refractivity contribution in [1.82, 2.24) is 10.2 Å². The fourth-order valence-electron chi connectivity index (χ4n) is 7.04. The predicted molar refractivity (Wildman–Crippen MR) is 221 cm³/mol. The molecule has 5 aromatic carbocycles. The summed E-state index contributed by atoms with van der Waals surface area (Å²) in [6, 6.07) is 37.6. The van der Waals surface area contributed by atoms with E-state index >= 15 is 0 Å². The van der Waals surface area contributed by atoms with Gasteiger partial charge in [-0.2, -0.15) is 0 Å². The Morgan fingerprint density at radius 2 is 1.54 bits per heavy atom. The van der Waals surface area contributed by atoms with Crippen LogP contribution in [0.1, 0.15) is 78.4 Å². The fraction of sp³-hybridized carbons (Fsp3) is 0.304. The molecule has 0 aromatic heterocycles. The van der Waals surface area contributed by atoms with Crippen LogP contribution >= 0.6 is 0 Å². The molecule has 0 saturated carbocycles. The number of anilines is 2. The number of nitrogens with zero attached hydrogens (tertiary/aromatic N) is 1. The maximum atomic E-state index is 12.8. The molecule has 0 bridgehead atoms. The second-order valence-corrected chi connectivity index (χ2v) is 14.6. The second-order valence-electron chi connectivity index (χ2n) is 14.6.